The lowest BCUT2D eigenvalue weighted by molar-refractivity contribution is -0.114. The molecule has 0 bridgehead atoms. The molecule has 8 heteroatoms. The highest BCUT2D eigenvalue weighted by Crippen LogP contribution is 2.22. The van der Waals surface area contributed by atoms with Gasteiger partial charge in [-0.1, -0.05) is 18.5 Å². The molecule has 3 N–H and O–H groups in total. The van der Waals surface area contributed by atoms with Gasteiger partial charge in [0.25, 0.3) is 11.8 Å². The highest BCUT2D eigenvalue weighted by Gasteiger charge is 2.20. The second-order valence-electron chi connectivity index (χ2n) is 8.34. The van der Waals surface area contributed by atoms with Crippen LogP contribution >= 0.6 is 11.6 Å². The lowest BCUT2D eigenvalue weighted by Crippen LogP contribution is -2.42. The Bertz CT molecular complexity index is 986. The van der Waals surface area contributed by atoms with Crippen LogP contribution in [0.2, 0.25) is 5.02 Å². The first-order chi connectivity index (χ1) is 15.6. The molecule has 0 radical (unpaired) electrons. The van der Waals surface area contributed by atoms with Gasteiger partial charge in [-0.25, -0.2) is 0 Å². The normalized spacial score (nSPS) is 11.0. The fraction of sp³-hybridized carbons (Fsp3) is 0.400. The summed E-state index contributed by atoms with van der Waals surface area (Å²) >= 11 is 6.29. The van der Waals surface area contributed by atoms with Gasteiger partial charge in [0.15, 0.2) is 0 Å². The molecule has 0 aliphatic heterocycles. The van der Waals surface area contributed by atoms with Gasteiger partial charge in [-0.2, -0.15) is 0 Å². The molecule has 33 heavy (non-hydrogen) atoms. The van der Waals surface area contributed by atoms with Crippen LogP contribution < -0.4 is 16.0 Å². The lowest BCUT2D eigenvalue weighted by atomic mass is 10.0. The SMILES string of the molecule is CCN(CC)C(=O)c1ccc(NC(=O)CNc2ccc(C(=O)NC(C)(C)CC)c(Cl)c2)cc1. The second-order valence-corrected chi connectivity index (χ2v) is 8.75. The van der Waals surface area contributed by atoms with Gasteiger partial charge in [0.2, 0.25) is 5.91 Å². The molecule has 2 rings (SSSR count). The molecule has 0 saturated heterocycles. The van der Waals surface area contributed by atoms with Gasteiger partial charge >= 0.3 is 0 Å². The quantitative estimate of drug-likeness (QED) is 0.463. The van der Waals surface area contributed by atoms with Crippen LogP contribution in [-0.4, -0.2) is 47.8 Å². The van der Waals surface area contributed by atoms with Crippen molar-refractivity contribution in [1.82, 2.24) is 10.2 Å². The number of carbonyl (C=O) groups is 3. The van der Waals surface area contributed by atoms with E-state index in [-0.39, 0.29) is 29.8 Å². The van der Waals surface area contributed by atoms with Crippen LogP contribution in [0.3, 0.4) is 0 Å². The number of anilines is 2. The van der Waals surface area contributed by atoms with E-state index in [9.17, 15) is 14.4 Å². The third-order valence-corrected chi connectivity index (χ3v) is 5.78. The maximum atomic E-state index is 12.5. The van der Waals surface area contributed by atoms with E-state index in [1.165, 1.54) is 0 Å². The summed E-state index contributed by atoms with van der Waals surface area (Å²) in [4.78, 5) is 38.9. The minimum atomic E-state index is -0.327. The Kier molecular flexibility index (Phi) is 9.29. The standard InChI is InChI=1S/C25H33ClN4O3/c1-6-25(4,5)29-23(32)20-14-13-19(15-21(20)26)27-16-22(31)28-18-11-9-17(10-12-18)24(33)30(7-2)8-3/h9-15,27H,6-8,16H2,1-5H3,(H,28,31)(H,29,32). The summed E-state index contributed by atoms with van der Waals surface area (Å²) in [6.07, 6.45) is 0.792. The molecule has 0 spiro atoms. The van der Waals surface area contributed by atoms with Crippen LogP contribution in [0.5, 0.6) is 0 Å². The largest absolute Gasteiger partial charge is 0.376 e. The van der Waals surface area contributed by atoms with Crippen molar-refractivity contribution in [1.29, 1.82) is 0 Å². The van der Waals surface area contributed by atoms with E-state index in [1.807, 2.05) is 34.6 Å². The molecular weight excluding hydrogens is 440 g/mol. The van der Waals surface area contributed by atoms with E-state index in [4.69, 9.17) is 11.6 Å². The van der Waals surface area contributed by atoms with Gasteiger partial charge in [-0.15, -0.1) is 0 Å². The van der Waals surface area contributed by atoms with E-state index < -0.39 is 0 Å². The minimum Gasteiger partial charge on any atom is -0.376 e. The van der Waals surface area contributed by atoms with Crippen LogP contribution in [0, 0.1) is 0 Å². The molecule has 0 heterocycles. The van der Waals surface area contributed by atoms with E-state index >= 15 is 0 Å². The average Bonchev–Trinajstić information content (AvgIpc) is 2.78. The molecular formula is C25H33ClN4O3. The minimum absolute atomic E-state index is 0.0187. The van der Waals surface area contributed by atoms with E-state index in [2.05, 4.69) is 16.0 Å². The monoisotopic (exact) mass is 472 g/mol. The van der Waals surface area contributed by atoms with E-state index in [0.717, 1.165) is 6.42 Å². The van der Waals surface area contributed by atoms with Gasteiger partial charge in [0.05, 0.1) is 17.1 Å². The molecule has 3 amide bonds. The van der Waals surface area contributed by atoms with Crippen LogP contribution in [0.1, 0.15) is 61.8 Å². The Labute approximate surface area is 200 Å². The summed E-state index contributed by atoms with van der Waals surface area (Å²) in [6.45, 7) is 11.1. The molecule has 0 aromatic heterocycles. The first kappa shape index (κ1) is 26.2. The zero-order chi connectivity index (χ0) is 24.6. The highest BCUT2D eigenvalue weighted by molar-refractivity contribution is 6.34. The summed E-state index contributed by atoms with van der Waals surface area (Å²) < 4.78 is 0. The van der Waals surface area contributed by atoms with Crippen LogP contribution in [-0.2, 0) is 4.79 Å². The van der Waals surface area contributed by atoms with Crippen molar-refractivity contribution in [3.05, 3.63) is 58.6 Å². The number of amides is 3. The van der Waals surface area contributed by atoms with Crippen molar-refractivity contribution in [3.8, 4) is 0 Å². The third-order valence-electron chi connectivity index (χ3n) is 5.47. The van der Waals surface area contributed by atoms with Crippen molar-refractivity contribution < 1.29 is 14.4 Å². The number of nitrogens with one attached hydrogen (secondary N) is 3. The topological polar surface area (TPSA) is 90.5 Å². The fourth-order valence-electron chi connectivity index (χ4n) is 3.05. The van der Waals surface area contributed by atoms with E-state index in [0.29, 0.717) is 40.6 Å². The number of halogens is 1. The van der Waals surface area contributed by atoms with Crippen molar-refractivity contribution in [2.24, 2.45) is 0 Å². The summed E-state index contributed by atoms with van der Waals surface area (Å²) in [5, 5.41) is 9.05. The Hall–Kier alpha value is -3.06. The number of hydrogen-bond acceptors (Lipinski definition) is 4. The Balaban J connectivity index is 1.92. The number of rotatable bonds is 10. The van der Waals surface area contributed by atoms with Gasteiger partial charge in [-0.3, -0.25) is 14.4 Å². The summed E-state index contributed by atoms with van der Waals surface area (Å²) in [5.74, 6) is -0.522. The number of hydrogen-bond donors (Lipinski definition) is 3. The van der Waals surface area contributed by atoms with Gasteiger partial charge in [0.1, 0.15) is 0 Å². The number of nitrogens with zero attached hydrogens (tertiary/aromatic N) is 1. The first-order valence-corrected chi connectivity index (χ1v) is 11.5. The van der Waals surface area contributed by atoms with Crippen LogP contribution in [0.4, 0.5) is 11.4 Å². The Morgan fingerprint density at radius 1 is 0.939 bits per heavy atom. The molecule has 2 aromatic carbocycles. The second kappa shape index (κ2) is 11.7. The average molecular weight is 473 g/mol. The smallest absolute Gasteiger partial charge is 0.253 e. The van der Waals surface area contributed by atoms with Gasteiger partial charge in [0, 0.05) is 35.6 Å². The van der Waals surface area contributed by atoms with Crippen molar-refractivity contribution in [2.45, 2.75) is 46.6 Å². The summed E-state index contributed by atoms with van der Waals surface area (Å²) in [5.41, 5.74) is 1.86. The predicted octanol–water partition coefficient (Wildman–Crippen LogP) is 4.79. The van der Waals surface area contributed by atoms with Crippen molar-refractivity contribution in [2.75, 3.05) is 30.3 Å². The zero-order valence-corrected chi connectivity index (χ0v) is 20.7. The van der Waals surface area contributed by atoms with Crippen LogP contribution in [0.25, 0.3) is 0 Å². The third kappa shape index (κ3) is 7.49. The van der Waals surface area contributed by atoms with E-state index in [1.54, 1.807) is 47.4 Å². The molecule has 2 aromatic rings. The van der Waals surface area contributed by atoms with Crippen molar-refractivity contribution >= 4 is 40.7 Å². The molecule has 0 unspecified atom stereocenters. The fourth-order valence-corrected chi connectivity index (χ4v) is 3.32. The molecule has 0 aliphatic carbocycles. The van der Waals surface area contributed by atoms with Gasteiger partial charge in [-0.05, 0) is 76.6 Å². The number of carbonyl (C=O) groups excluding carboxylic acids is 3. The maximum Gasteiger partial charge on any atom is 0.253 e. The van der Waals surface area contributed by atoms with Crippen molar-refractivity contribution in [3.63, 3.8) is 0 Å². The molecule has 0 atom stereocenters. The zero-order valence-electron chi connectivity index (χ0n) is 19.9. The van der Waals surface area contributed by atoms with Crippen LogP contribution in [0.15, 0.2) is 42.5 Å². The molecule has 178 valence electrons. The molecule has 7 nitrogen and oxygen atoms in total. The maximum absolute atomic E-state index is 12.5. The lowest BCUT2D eigenvalue weighted by Gasteiger charge is -2.24. The molecule has 0 saturated carbocycles. The Morgan fingerprint density at radius 3 is 2.09 bits per heavy atom. The predicted molar refractivity (Wildman–Crippen MR) is 134 cm³/mol. The summed E-state index contributed by atoms with van der Waals surface area (Å²) in [6, 6.07) is 11.8. The Morgan fingerprint density at radius 2 is 1.55 bits per heavy atom. The molecule has 0 aliphatic rings. The number of benzene rings is 2. The van der Waals surface area contributed by atoms with Gasteiger partial charge < -0.3 is 20.9 Å². The first-order valence-electron chi connectivity index (χ1n) is 11.1. The molecule has 0 fully saturated rings. The highest BCUT2D eigenvalue weighted by atomic mass is 35.5. The summed E-state index contributed by atoms with van der Waals surface area (Å²) in [7, 11) is 0.